The smallest absolute Gasteiger partial charge is 0.244 e. The molecule has 4 rings (SSSR count). The zero-order valence-corrected chi connectivity index (χ0v) is 16.0. The maximum absolute atomic E-state index is 13.1. The number of ketones is 1. The normalized spacial score (nSPS) is 20.7. The van der Waals surface area contributed by atoms with Gasteiger partial charge in [0.05, 0.1) is 15.4 Å². The highest BCUT2D eigenvalue weighted by Crippen LogP contribution is 2.38. The zero-order valence-electron chi connectivity index (χ0n) is 14.3. The Labute approximate surface area is 157 Å². The molecule has 0 amide bonds. The number of hydrogen-bond acceptors (Lipinski definition) is 5. The lowest BCUT2D eigenvalue weighted by Gasteiger charge is -2.38. The molecule has 2 aliphatic rings. The molecule has 1 aromatic carbocycles. The van der Waals surface area contributed by atoms with E-state index in [0.717, 1.165) is 5.56 Å². The number of thiophene rings is 1. The van der Waals surface area contributed by atoms with Gasteiger partial charge in [0.2, 0.25) is 10.0 Å². The Kier molecular flexibility index (Phi) is 4.51. The van der Waals surface area contributed by atoms with Crippen LogP contribution in [-0.4, -0.2) is 36.7 Å². The fourth-order valence-corrected chi connectivity index (χ4v) is 6.97. The Morgan fingerprint density at radius 1 is 1.08 bits per heavy atom. The Hall–Kier alpha value is -1.54. The quantitative estimate of drug-likeness (QED) is 0.873. The summed E-state index contributed by atoms with van der Waals surface area (Å²) in [6.07, 6.45) is 2.57. The molecule has 1 aliphatic carbocycles. The summed E-state index contributed by atoms with van der Waals surface area (Å²) in [5.74, 6) is 0.0507. The fourth-order valence-electron chi connectivity index (χ4n) is 3.87. The second-order valence-electron chi connectivity index (χ2n) is 6.99. The first-order valence-electron chi connectivity index (χ1n) is 8.83. The Balaban J connectivity index is 1.57. The second-order valence-corrected chi connectivity index (χ2v) is 9.77. The van der Waals surface area contributed by atoms with Crippen LogP contribution in [0.5, 0.6) is 0 Å². The van der Waals surface area contributed by atoms with E-state index >= 15 is 0 Å². The van der Waals surface area contributed by atoms with Crippen LogP contribution in [0.1, 0.15) is 46.5 Å². The summed E-state index contributed by atoms with van der Waals surface area (Å²) >= 11 is 1.24. The van der Waals surface area contributed by atoms with Crippen molar-refractivity contribution in [1.29, 1.82) is 0 Å². The van der Waals surface area contributed by atoms with Gasteiger partial charge in [-0.15, -0.1) is 11.3 Å². The summed E-state index contributed by atoms with van der Waals surface area (Å²) in [6, 6.07) is 9.42. The molecule has 1 N–H and O–H groups in total. The predicted octanol–water partition coefficient (Wildman–Crippen LogP) is 2.94. The Morgan fingerprint density at radius 2 is 1.77 bits per heavy atom. The average Bonchev–Trinajstić information content (AvgIpc) is 3.09. The third-order valence-corrected chi connectivity index (χ3v) is 8.60. The molecular formula is C19H21NO4S2. The van der Waals surface area contributed by atoms with E-state index in [4.69, 9.17) is 0 Å². The largest absolute Gasteiger partial charge is 0.385 e. The van der Waals surface area contributed by atoms with Crippen molar-refractivity contribution in [3.8, 4) is 0 Å². The molecule has 0 radical (unpaired) electrons. The Morgan fingerprint density at radius 3 is 2.46 bits per heavy atom. The molecule has 1 aliphatic heterocycles. The molecule has 1 fully saturated rings. The van der Waals surface area contributed by atoms with Gasteiger partial charge in [0, 0.05) is 24.9 Å². The van der Waals surface area contributed by atoms with Crippen LogP contribution in [0.2, 0.25) is 0 Å². The minimum atomic E-state index is -3.64. The van der Waals surface area contributed by atoms with E-state index in [1.807, 2.05) is 30.3 Å². The predicted molar refractivity (Wildman–Crippen MR) is 99.9 cm³/mol. The molecule has 0 spiro atoms. The van der Waals surface area contributed by atoms with E-state index in [1.165, 1.54) is 15.6 Å². The monoisotopic (exact) mass is 391 g/mol. The molecule has 7 heteroatoms. The summed E-state index contributed by atoms with van der Waals surface area (Å²) in [4.78, 5) is 12.9. The van der Waals surface area contributed by atoms with Gasteiger partial charge in [-0.3, -0.25) is 4.79 Å². The van der Waals surface area contributed by atoms with Gasteiger partial charge in [-0.1, -0.05) is 30.3 Å². The van der Waals surface area contributed by atoms with Gasteiger partial charge in [-0.25, -0.2) is 8.42 Å². The van der Waals surface area contributed by atoms with Crippen molar-refractivity contribution in [2.24, 2.45) is 0 Å². The van der Waals surface area contributed by atoms with Crippen molar-refractivity contribution in [2.75, 3.05) is 13.1 Å². The fraction of sp³-hybridized carbons (Fsp3) is 0.421. The summed E-state index contributed by atoms with van der Waals surface area (Å²) in [5.41, 5.74) is 0.530. The van der Waals surface area contributed by atoms with E-state index in [-0.39, 0.29) is 23.8 Å². The SMILES string of the molecule is O=C1CCCc2c(S(=O)(=O)N3CCC(O)(c4ccccc4)CC3)csc21. The molecule has 0 atom stereocenters. The molecule has 0 saturated carbocycles. The number of hydrogen-bond donors (Lipinski definition) is 1. The van der Waals surface area contributed by atoms with Gasteiger partial charge >= 0.3 is 0 Å². The van der Waals surface area contributed by atoms with E-state index in [9.17, 15) is 18.3 Å². The van der Waals surface area contributed by atoms with Crippen LogP contribution in [0.4, 0.5) is 0 Å². The summed E-state index contributed by atoms with van der Waals surface area (Å²) < 4.78 is 27.7. The highest BCUT2D eigenvalue weighted by atomic mass is 32.2. The summed E-state index contributed by atoms with van der Waals surface area (Å²) in [7, 11) is -3.64. The maximum atomic E-state index is 13.1. The van der Waals surface area contributed by atoms with E-state index < -0.39 is 15.6 Å². The number of carbonyl (C=O) groups excluding carboxylic acids is 1. The number of rotatable bonds is 3. The number of piperidine rings is 1. The first-order valence-corrected chi connectivity index (χ1v) is 11.2. The lowest BCUT2D eigenvalue weighted by Crippen LogP contribution is -2.45. The third kappa shape index (κ3) is 2.93. The number of carbonyl (C=O) groups is 1. The summed E-state index contributed by atoms with van der Waals surface area (Å²) in [5, 5.41) is 12.5. The zero-order chi connectivity index (χ0) is 18.4. The molecule has 1 aromatic heterocycles. The second kappa shape index (κ2) is 6.56. The summed E-state index contributed by atoms with van der Waals surface area (Å²) in [6.45, 7) is 0.540. The highest BCUT2D eigenvalue weighted by molar-refractivity contribution is 7.89. The number of sulfonamides is 1. The molecule has 0 bridgehead atoms. The van der Waals surface area contributed by atoms with Crippen molar-refractivity contribution in [2.45, 2.75) is 42.6 Å². The van der Waals surface area contributed by atoms with Crippen molar-refractivity contribution in [3.05, 3.63) is 51.7 Å². The molecule has 2 heterocycles. The molecule has 138 valence electrons. The van der Waals surface area contributed by atoms with Gasteiger partial charge < -0.3 is 5.11 Å². The number of aliphatic hydroxyl groups is 1. The highest BCUT2D eigenvalue weighted by Gasteiger charge is 2.39. The topological polar surface area (TPSA) is 74.7 Å². The molecule has 1 saturated heterocycles. The minimum Gasteiger partial charge on any atom is -0.385 e. The van der Waals surface area contributed by atoms with Crippen molar-refractivity contribution in [3.63, 3.8) is 0 Å². The van der Waals surface area contributed by atoms with Crippen molar-refractivity contribution in [1.82, 2.24) is 4.31 Å². The van der Waals surface area contributed by atoms with E-state index in [0.29, 0.717) is 42.5 Å². The maximum Gasteiger partial charge on any atom is 0.244 e. The lowest BCUT2D eigenvalue weighted by atomic mass is 9.85. The number of fused-ring (bicyclic) bond motifs is 1. The Bertz CT molecular complexity index is 926. The number of Topliss-reactive ketones (excluding diaryl/α,β-unsaturated/α-hetero) is 1. The van der Waals surface area contributed by atoms with Crippen LogP contribution in [0.3, 0.4) is 0 Å². The van der Waals surface area contributed by atoms with E-state index in [2.05, 4.69) is 0 Å². The number of nitrogens with zero attached hydrogens (tertiary/aromatic N) is 1. The van der Waals surface area contributed by atoms with Crippen LogP contribution in [-0.2, 0) is 22.0 Å². The van der Waals surface area contributed by atoms with Gasteiger partial charge in [0.15, 0.2) is 5.78 Å². The molecule has 0 unspecified atom stereocenters. The first-order chi connectivity index (χ1) is 12.4. The molecule has 5 nitrogen and oxygen atoms in total. The van der Waals surface area contributed by atoms with Crippen molar-refractivity contribution < 1.29 is 18.3 Å². The van der Waals surface area contributed by atoms with Crippen LogP contribution in [0.25, 0.3) is 0 Å². The van der Waals surface area contributed by atoms with Gasteiger partial charge in [-0.2, -0.15) is 4.31 Å². The van der Waals surface area contributed by atoms with Crippen molar-refractivity contribution >= 4 is 27.1 Å². The molecule has 2 aromatic rings. The average molecular weight is 392 g/mol. The van der Waals surface area contributed by atoms with Gasteiger partial charge in [0.1, 0.15) is 0 Å². The van der Waals surface area contributed by atoms with Gasteiger partial charge in [-0.05, 0) is 36.8 Å². The standard InChI is InChI=1S/C19H21NO4S2/c21-16-8-4-7-15-17(13-25-18(15)16)26(23,24)20-11-9-19(22,10-12-20)14-5-2-1-3-6-14/h1-3,5-6,13,22H,4,7-12H2. The number of benzene rings is 1. The van der Waals surface area contributed by atoms with E-state index in [1.54, 1.807) is 5.38 Å². The van der Waals surface area contributed by atoms with Gasteiger partial charge in [0.25, 0.3) is 0 Å². The molecule has 26 heavy (non-hydrogen) atoms. The lowest BCUT2D eigenvalue weighted by molar-refractivity contribution is -0.00961. The van der Waals surface area contributed by atoms with Crippen LogP contribution in [0.15, 0.2) is 40.6 Å². The van der Waals surface area contributed by atoms with Crippen LogP contribution < -0.4 is 0 Å². The molecular weight excluding hydrogens is 370 g/mol. The van der Waals surface area contributed by atoms with Crippen LogP contribution >= 0.6 is 11.3 Å². The minimum absolute atomic E-state index is 0.0507. The first kappa shape index (κ1) is 17.9. The van der Waals surface area contributed by atoms with Crippen LogP contribution in [0, 0.1) is 0 Å². The third-order valence-electron chi connectivity index (χ3n) is 5.42.